The Morgan fingerprint density at radius 2 is 1.59 bits per heavy atom. The average Bonchev–Trinajstić information content (AvgIpc) is 3.58. The Labute approximate surface area is 224 Å². The lowest BCUT2D eigenvalue weighted by molar-refractivity contribution is -0.125. The zero-order valence-electron chi connectivity index (χ0n) is 21.1. The summed E-state index contributed by atoms with van der Waals surface area (Å²) in [6.07, 6.45) is 3.46. The van der Waals surface area contributed by atoms with Crippen molar-refractivity contribution in [3.05, 3.63) is 107 Å². The Bertz CT molecular complexity index is 1750. The molecular formula is C31H26N4O4. The van der Waals surface area contributed by atoms with E-state index in [9.17, 15) is 14.4 Å². The number of nitrogens with one attached hydrogen (secondary N) is 2. The van der Waals surface area contributed by atoms with Gasteiger partial charge in [-0.3, -0.25) is 14.9 Å². The molecule has 194 valence electrons. The Morgan fingerprint density at radius 3 is 2.44 bits per heavy atom. The van der Waals surface area contributed by atoms with Gasteiger partial charge in [-0.25, -0.2) is 4.79 Å². The molecule has 3 amide bonds. The fourth-order valence-electron chi connectivity index (χ4n) is 6.07. The van der Waals surface area contributed by atoms with Gasteiger partial charge in [0.15, 0.2) is 0 Å². The Kier molecular flexibility index (Phi) is 5.47. The molecule has 0 aliphatic carbocycles. The van der Waals surface area contributed by atoms with E-state index in [2.05, 4.69) is 14.9 Å². The summed E-state index contributed by atoms with van der Waals surface area (Å²) < 4.78 is 7.70. The molecule has 2 N–H and O–H groups in total. The van der Waals surface area contributed by atoms with Crippen LogP contribution < -0.4 is 5.32 Å². The van der Waals surface area contributed by atoms with Crippen LogP contribution in [0.5, 0.6) is 0 Å². The maximum absolute atomic E-state index is 13.2. The lowest BCUT2D eigenvalue weighted by atomic mass is 9.83. The third kappa shape index (κ3) is 3.87. The molecule has 2 aliphatic rings. The van der Waals surface area contributed by atoms with Gasteiger partial charge >= 0.3 is 6.09 Å². The van der Waals surface area contributed by atoms with Gasteiger partial charge in [0.05, 0.1) is 23.9 Å². The predicted molar refractivity (Wildman–Crippen MR) is 146 cm³/mol. The maximum Gasteiger partial charge on any atom is 0.410 e. The Morgan fingerprint density at radius 1 is 0.846 bits per heavy atom. The van der Waals surface area contributed by atoms with Crippen molar-refractivity contribution in [1.29, 1.82) is 0 Å². The van der Waals surface area contributed by atoms with Crippen LogP contribution in [0, 0.1) is 0 Å². The van der Waals surface area contributed by atoms with Crippen LogP contribution in [0.1, 0.15) is 34.1 Å². The van der Waals surface area contributed by atoms with E-state index in [4.69, 9.17) is 4.74 Å². The summed E-state index contributed by atoms with van der Waals surface area (Å²) >= 11 is 0. The predicted octanol–water partition coefficient (Wildman–Crippen LogP) is 4.80. The number of amides is 3. The molecule has 5 aromatic rings. The minimum Gasteiger partial charge on any atom is -0.445 e. The van der Waals surface area contributed by atoms with Crippen LogP contribution in [0.4, 0.5) is 4.79 Å². The van der Waals surface area contributed by atoms with E-state index in [1.165, 1.54) is 0 Å². The molecule has 2 aromatic heterocycles. The van der Waals surface area contributed by atoms with Gasteiger partial charge in [0.2, 0.25) is 11.8 Å². The van der Waals surface area contributed by atoms with Crippen molar-refractivity contribution in [3.63, 3.8) is 0 Å². The number of imide groups is 1. The molecule has 2 atom stereocenters. The van der Waals surface area contributed by atoms with Crippen molar-refractivity contribution < 1.29 is 19.1 Å². The van der Waals surface area contributed by atoms with Crippen LogP contribution in [0.2, 0.25) is 0 Å². The topological polar surface area (TPSA) is 96.4 Å². The number of hydrogen-bond donors (Lipinski definition) is 2. The van der Waals surface area contributed by atoms with Gasteiger partial charge in [0, 0.05) is 41.8 Å². The van der Waals surface area contributed by atoms with E-state index in [1.54, 1.807) is 4.90 Å². The molecule has 2 unspecified atom stereocenters. The second-order valence-electron chi connectivity index (χ2n) is 10.2. The van der Waals surface area contributed by atoms with Gasteiger partial charge in [0.1, 0.15) is 6.61 Å². The number of H-pyrrole nitrogens is 1. The van der Waals surface area contributed by atoms with Crippen LogP contribution >= 0.6 is 0 Å². The second kappa shape index (κ2) is 9.16. The number of aromatic nitrogens is 2. The van der Waals surface area contributed by atoms with E-state index in [0.717, 1.165) is 44.1 Å². The van der Waals surface area contributed by atoms with E-state index in [0.29, 0.717) is 19.6 Å². The van der Waals surface area contributed by atoms with Crippen LogP contribution in [0.3, 0.4) is 0 Å². The van der Waals surface area contributed by atoms with Crippen LogP contribution in [0.15, 0.2) is 85.2 Å². The highest BCUT2D eigenvalue weighted by molar-refractivity contribution is 6.13. The number of benzene rings is 3. The smallest absolute Gasteiger partial charge is 0.410 e. The first-order chi connectivity index (χ1) is 19.1. The summed E-state index contributed by atoms with van der Waals surface area (Å²) in [6.45, 7) is 1.63. The normalized spacial score (nSPS) is 18.9. The fraction of sp³-hybridized carbons (Fsp3) is 0.194. The zero-order chi connectivity index (χ0) is 26.5. The fourth-order valence-corrected chi connectivity index (χ4v) is 6.07. The lowest BCUT2D eigenvalue weighted by Gasteiger charge is -2.20. The summed E-state index contributed by atoms with van der Waals surface area (Å²) in [5.41, 5.74) is 5.46. The molecule has 0 spiro atoms. The standard InChI is InChI=1S/C31H26N4O4/c36-29-26(23-15-32-25-12-5-4-10-21(23)25)27(30(37)33-29)24-17-34-13-14-35(16-20-9-6-11-22(24)28(20)34)31(38)39-18-19-7-2-1-3-8-19/h1-12,15,17,26-27,32H,13-14,16,18H2,(H,33,36,37). The second-order valence-corrected chi connectivity index (χ2v) is 10.2. The molecule has 7 rings (SSSR count). The number of fused-ring (bicyclic) bond motifs is 1. The van der Waals surface area contributed by atoms with Gasteiger partial charge < -0.3 is 19.2 Å². The first kappa shape index (κ1) is 23.3. The highest BCUT2D eigenvalue weighted by atomic mass is 16.6. The number of carbonyl (C=O) groups is 3. The number of carbonyl (C=O) groups excluding carboxylic acids is 3. The molecule has 8 heteroatoms. The van der Waals surface area contributed by atoms with Crippen molar-refractivity contribution >= 4 is 39.7 Å². The molecule has 39 heavy (non-hydrogen) atoms. The van der Waals surface area contributed by atoms with Crippen molar-refractivity contribution in [3.8, 4) is 0 Å². The molecule has 2 aliphatic heterocycles. The molecule has 1 fully saturated rings. The van der Waals surface area contributed by atoms with Gasteiger partial charge in [0.25, 0.3) is 0 Å². The molecule has 3 aromatic carbocycles. The van der Waals surface area contributed by atoms with E-state index >= 15 is 0 Å². The number of hydrogen-bond acceptors (Lipinski definition) is 4. The number of ether oxygens (including phenoxy) is 1. The first-order valence-corrected chi connectivity index (χ1v) is 13.1. The van der Waals surface area contributed by atoms with E-state index in [1.807, 2.05) is 85.2 Å². The van der Waals surface area contributed by atoms with Crippen molar-refractivity contribution in [2.45, 2.75) is 31.5 Å². The lowest BCUT2D eigenvalue weighted by Crippen LogP contribution is -2.32. The third-order valence-electron chi connectivity index (χ3n) is 7.88. The summed E-state index contributed by atoms with van der Waals surface area (Å²) in [5.74, 6) is -1.86. The minimum atomic E-state index is -0.651. The van der Waals surface area contributed by atoms with Crippen LogP contribution in [-0.4, -0.2) is 38.9 Å². The molecule has 0 bridgehead atoms. The molecule has 0 saturated carbocycles. The highest BCUT2D eigenvalue weighted by Gasteiger charge is 2.46. The maximum atomic E-state index is 13.2. The number of para-hydroxylation sites is 2. The third-order valence-corrected chi connectivity index (χ3v) is 7.88. The van der Waals surface area contributed by atoms with Crippen LogP contribution in [-0.2, 0) is 34.0 Å². The average molecular weight is 519 g/mol. The zero-order valence-corrected chi connectivity index (χ0v) is 21.1. The summed E-state index contributed by atoms with van der Waals surface area (Å²) in [6, 6.07) is 23.4. The quantitative estimate of drug-likeness (QED) is 0.334. The monoisotopic (exact) mass is 518 g/mol. The number of rotatable bonds is 4. The summed E-state index contributed by atoms with van der Waals surface area (Å²) in [5, 5.41) is 4.44. The van der Waals surface area contributed by atoms with E-state index < -0.39 is 11.8 Å². The Hall–Kier alpha value is -4.85. The largest absolute Gasteiger partial charge is 0.445 e. The van der Waals surface area contributed by atoms with Crippen molar-refractivity contribution in [1.82, 2.24) is 19.8 Å². The van der Waals surface area contributed by atoms with E-state index in [-0.39, 0.29) is 24.5 Å². The minimum absolute atomic E-state index is 0.219. The first-order valence-electron chi connectivity index (χ1n) is 13.1. The van der Waals surface area contributed by atoms with Gasteiger partial charge in [-0.15, -0.1) is 0 Å². The molecular weight excluding hydrogens is 492 g/mol. The van der Waals surface area contributed by atoms with Crippen molar-refractivity contribution in [2.75, 3.05) is 6.54 Å². The Balaban J connectivity index is 1.22. The summed E-state index contributed by atoms with van der Waals surface area (Å²) in [4.78, 5) is 44.3. The highest BCUT2D eigenvalue weighted by Crippen LogP contribution is 2.44. The van der Waals surface area contributed by atoms with Gasteiger partial charge in [-0.05, 0) is 28.3 Å². The summed E-state index contributed by atoms with van der Waals surface area (Å²) in [7, 11) is 0. The molecule has 8 nitrogen and oxygen atoms in total. The van der Waals surface area contributed by atoms with Gasteiger partial charge in [-0.1, -0.05) is 66.7 Å². The van der Waals surface area contributed by atoms with Gasteiger partial charge in [-0.2, -0.15) is 0 Å². The molecule has 0 radical (unpaired) electrons. The van der Waals surface area contributed by atoms with Crippen molar-refractivity contribution in [2.24, 2.45) is 0 Å². The molecule has 4 heterocycles. The van der Waals surface area contributed by atoms with Crippen LogP contribution in [0.25, 0.3) is 21.8 Å². The molecule has 1 saturated heterocycles. The number of aromatic amines is 1. The number of nitrogens with zero attached hydrogens (tertiary/aromatic N) is 2. The SMILES string of the molecule is O=C1NC(=O)C(c2cn3c4c(cccc24)CN(C(=O)OCc2ccccc2)CC3)C1c1c[nH]c2ccccc12.